The molecule has 6 nitrogen and oxygen atoms in total. The van der Waals surface area contributed by atoms with E-state index < -0.39 is 0 Å². The highest BCUT2D eigenvalue weighted by Gasteiger charge is 2.28. The van der Waals surface area contributed by atoms with E-state index >= 15 is 0 Å². The fraction of sp³-hybridized carbons (Fsp3) is 0.389. The minimum atomic E-state index is -0.177. The number of para-hydroxylation sites is 1. The van der Waals surface area contributed by atoms with Gasteiger partial charge in [0, 0.05) is 11.4 Å². The molecule has 2 aromatic heterocycles. The molecule has 2 heterocycles. The molecule has 25 heavy (non-hydrogen) atoms. The Labute approximate surface area is 150 Å². The summed E-state index contributed by atoms with van der Waals surface area (Å²) in [6.45, 7) is 3.89. The van der Waals surface area contributed by atoms with Gasteiger partial charge in [-0.15, -0.1) is 10.2 Å². The highest BCUT2D eigenvalue weighted by molar-refractivity contribution is 7.99. The predicted molar refractivity (Wildman–Crippen MR) is 96.5 cm³/mol. The molecule has 130 valence electrons. The van der Waals surface area contributed by atoms with Crippen molar-refractivity contribution in [3.05, 3.63) is 41.9 Å². The van der Waals surface area contributed by atoms with Gasteiger partial charge in [0.15, 0.2) is 5.16 Å². The molecule has 0 unspecified atom stereocenters. The predicted octanol–water partition coefficient (Wildman–Crippen LogP) is 3.64. The molecule has 0 bridgehead atoms. The molecule has 0 aliphatic heterocycles. The number of fused-ring (bicyclic) bond motifs is 1. The Morgan fingerprint density at radius 1 is 1.40 bits per heavy atom. The van der Waals surface area contributed by atoms with Crippen LogP contribution in [0.4, 0.5) is 0 Å². The molecule has 1 saturated carbocycles. The fourth-order valence-electron chi connectivity index (χ4n) is 2.90. The van der Waals surface area contributed by atoms with Gasteiger partial charge in [0.1, 0.15) is 17.2 Å². The van der Waals surface area contributed by atoms with Crippen molar-refractivity contribution in [1.29, 1.82) is 0 Å². The number of carbonyl (C=O) groups excluding carboxylic acids is 1. The van der Waals surface area contributed by atoms with Crippen molar-refractivity contribution in [2.24, 2.45) is 0 Å². The van der Waals surface area contributed by atoms with Crippen molar-refractivity contribution in [2.45, 2.75) is 43.9 Å². The normalized spacial score (nSPS) is 15.4. The quantitative estimate of drug-likeness (QED) is 0.683. The highest BCUT2D eigenvalue weighted by Crippen LogP contribution is 2.38. The van der Waals surface area contributed by atoms with Gasteiger partial charge >= 0.3 is 0 Å². The van der Waals surface area contributed by atoms with Gasteiger partial charge in [-0.25, -0.2) is 0 Å². The number of hydrogen-bond donors (Lipinski definition) is 1. The molecule has 1 N–H and O–H groups in total. The van der Waals surface area contributed by atoms with Crippen LogP contribution in [0.2, 0.25) is 0 Å². The van der Waals surface area contributed by atoms with Crippen LogP contribution in [0.5, 0.6) is 0 Å². The van der Waals surface area contributed by atoms with E-state index in [1.807, 2.05) is 44.2 Å². The molecular formula is C18H20N4O2S. The monoisotopic (exact) mass is 356 g/mol. The number of benzene rings is 1. The first-order valence-corrected chi connectivity index (χ1v) is 9.42. The van der Waals surface area contributed by atoms with Gasteiger partial charge in [0.05, 0.1) is 11.8 Å². The summed E-state index contributed by atoms with van der Waals surface area (Å²) in [5.41, 5.74) is 0.834. The number of aromatic nitrogens is 3. The number of carbonyl (C=O) groups is 1. The molecule has 7 heteroatoms. The third-order valence-corrected chi connectivity index (χ3v) is 5.27. The average molecular weight is 356 g/mol. The second kappa shape index (κ2) is 6.55. The Morgan fingerprint density at radius 3 is 2.96 bits per heavy atom. The standard InChI is InChI=1S/C18H20N4O2S/c1-11(16-9-13-5-3-4-6-15(13)24-16)19-17(23)10-25-18-21-20-12(2)22(18)14-7-8-14/h3-6,9,11,14H,7-8,10H2,1-2H3,(H,19,23)/t11-/m1/s1. The van der Waals surface area contributed by atoms with E-state index in [1.165, 1.54) is 24.6 Å². The van der Waals surface area contributed by atoms with Gasteiger partial charge < -0.3 is 14.3 Å². The minimum absolute atomic E-state index is 0.0408. The number of thioether (sulfide) groups is 1. The average Bonchev–Trinajstić information content (AvgIpc) is 3.22. The summed E-state index contributed by atoms with van der Waals surface area (Å²) < 4.78 is 7.95. The van der Waals surface area contributed by atoms with Gasteiger partial charge in [-0.1, -0.05) is 30.0 Å². The number of rotatable bonds is 6. The Balaban J connectivity index is 1.37. The van der Waals surface area contributed by atoms with Crippen molar-refractivity contribution < 1.29 is 9.21 Å². The van der Waals surface area contributed by atoms with Crippen molar-refractivity contribution in [1.82, 2.24) is 20.1 Å². The summed E-state index contributed by atoms with van der Waals surface area (Å²) >= 11 is 1.43. The van der Waals surface area contributed by atoms with Gasteiger partial charge in [-0.3, -0.25) is 4.79 Å². The lowest BCUT2D eigenvalue weighted by atomic mass is 10.2. The molecule has 0 saturated heterocycles. The Bertz CT molecular complexity index is 880. The van der Waals surface area contributed by atoms with Crippen LogP contribution in [-0.4, -0.2) is 26.4 Å². The van der Waals surface area contributed by atoms with E-state index in [4.69, 9.17) is 4.42 Å². The third-order valence-electron chi connectivity index (χ3n) is 4.33. The number of aryl methyl sites for hydroxylation is 1. The van der Waals surface area contributed by atoms with Crippen molar-refractivity contribution in [2.75, 3.05) is 5.75 Å². The maximum absolute atomic E-state index is 12.3. The Morgan fingerprint density at radius 2 is 2.20 bits per heavy atom. The second-order valence-electron chi connectivity index (χ2n) is 6.40. The lowest BCUT2D eigenvalue weighted by molar-refractivity contribution is -0.119. The summed E-state index contributed by atoms with van der Waals surface area (Å²) in [6.07, 6.45) is 2.34. The van der Waals surface area contributed by atoms with E-state index in [0.717, 1.165) is 27.7 Å². The summed E-state index contributed by atoms with van der Waals surface area (Å²) in [5, 5.41) is 13.2. The SMILES string of the molecule is Cc1nnc(SCC(=O)N[C@H](C)c2cc3ccccc3o2)n1C1CC1. The molecule has 1 fully saturated rings. The van der Waals surface area contributed by atoms with E-state index in [0.29, 0.717) is 11.8 Å². The number of nitrogens with zero attached hydrogens (tertiary/aromatic N) is 3. The highest BCUT2D eigenvalue weighted by atomic mass is 32.2. The van der Waals surface area contributed by atoms with E-state index in [2.05, 4.69) is 20.1 Å². The number of amides is 1. The van der Waals surface area contributed by atoms with E-state index in [9.17, 15) is 4.79 Å². The largest absolute Gasteiger partial charge is 0.459 e. The van der Waals surface area contributed by atoms with E-state index in [-0.39, 0.29) is 11.9 Å². The summed E-state index contributed by atoms with van der Waals surface area (Å²) in [4.78, 5) is 12.3. The zero-order chi connectivity index (χ0) is 17.4. The molecule has 0 spiro atoms. The molecule has 1 aromatic carbocycles. The lowest BCUT2D eigenvalue weighted by Crippen LogP contribution is -2.28. The third kappa shape index (κ3) is 3.42. The number of furan rings is 1. The lowest BCUT2D eigenvalue weighted by Gasteiger charge is -2.11. The smallest absolute Gasteiger partial charge is 0.231 e. The maximum atomic E-state index is 12.3. The molecule has 4 rings (SSSR count). The molecule has 3 aromatic rings. The number of hydrogen-bond acceptors (Lipinski definition) is 5. The Hall–Kier alpha value is -2.28. The van der Waals surface area contributed by atoms with Crippen molar-refractivity contribution in [3.8, 4) is 0 Å². The van der Waals surface area contributed by atoms with Crippen LogP contribution in [0, 0.1) is 6.92 Å². The molecular weight excluding hydrogens is 336 g/mol. The summed E-state index contributed by atoms with van der Waals surface area (Å²) in [6, 6.07) is 10.1. The van der Waals surface area contributed by atoms with Crippen molar-refractivity contribution >= 4 is 28.6 Å². The van der Waals surface area contributed by atoms with Crippen LogP contribution in [0.1, 0.15) is 43.4 Å². The van der Waals surface area contributed by atoms with Crippen LogP contribution in [0.25, 0.3) is 11.0 Å². The topological polar surface area (TPSA) is 73.0 Å². The summed E-state index contributed by atoms with van der Waals surface area (Å²) in [5.74, 6) is 1.95. The fourth-order valence-corrected chi connectivity index (χ4v) is 3.76. The molecule has 1 amide bonds. The number of nitrogens with one attached hydrogen (secondary N) is 1. The van der Waals surface area contributed by atoms with Crippen LogP contribution in [0.3, 0.4) is 0 Å². The first-order chi connectivity index (χ1) is 12.1. The van der Waals surface area contributed by atoms with Gasteiger partial charge in [0.2, 0.25) is 5.91 Å². The van der Waals surface area contributed by atoms with E-state index in [1.54, 1.807) is 0 Å². The zero-order valence-corrected chi connectivity index (χ0v) is 15.0. The maximum Gasteiger partial charge on any atom is 0.231 e. The molecule has 0 radical (unpaired) electrons. The minimum Gasteiger partial charge on any atom is -0.459 e. The van der Waals surface area contributed by atoms with Crippen LogP contribution < -0.4 is 5.32 Å². The van der Waals surface area contributed by atoms with Crippen LogP contribution in [0.15, 0.2) is 39.9 Å². The van der Waals surface area contributed by atoms with Crippen molar-refractivity contribution in [3.63, 3.8) is 0 Å². The second-order valence-corrected chi connectivity index (χ2v) is 7.34. The van der Waals surface area contributed by atoms with Gasteiger partial charge in [-0.05, 0) is 38.8 Å². The van der Waals surface area contributed by atoms with Gasteiger partial charge in [-0.2, -0.15) is 0 Å². The zero-order valence-electron chi connectivity index (χ0n) is 14.2. The molecule has 1 atom stereocenters. The van der Waals surface area contributed by atoms with Crippen LogP contribution in [-0.2, 0) is 4.79 Å². The Kier molecular flexibility index (Phi) is 4.25. The van der Waals surface area contributed by atoms with Gasteiger partial charge in [0.25, 0.3) is 0 Å². The first-order valence-electron chi connectivity index (χ1n) is 8.44. The molecule has 1 aliphatic carbocycles. The van der Waals surface area contributed by atoms with Crippen LogP contribution >= 0.6 is 11.8 Å². The molecule has 1 aliphatic rings. The first kappa shape index (κ1) is 16.2. The summed E-state index contributed by atoms with van der Waals surface area (Å²) in [7, 11) is 0.